The molecule has 1 saturated heterocycles. The van der Waals surface area contributed by atoms with E-state index < -0.39 is 30.7 Å². The number of benzene rings is 3. The Morgan fingerprint density at radius 2 is 1.15 bits per heavy atom. The molecule has 6 nitrogen and oxygen atoms in total. The van der Waals surface area contributed by atoms with Crippen LogP contribution in [-0.2, 0) is 43.5 Å². The Labute approximate surface area is 201 Å². The molecule has 0 aromatic heterocycles. The molecule has 6 heteroatoms. The number of aliphatic hydroxyl groups excluding tert-OH is 1. The summed E-state index contributed by atoms with van der Waals surface area (Å²) in [5, 5.41) is 11.2. The molecule has 0 radical (unpaired) electrons. The Bertz CT molecular complexity index is 952. The predicted octanol–water partition coefficient (Wildman–Crippen LogP) is 4.11. The van der Waals surface area contributed by atoms with Crippen LogP contribution in [0.2, 0.25) is 0 Å². The second-order valence-corrected chi connectivity index (χ2v) is 8.29. The zero-order valence-electron chi connectivity index (χ0n) is 19.4. The molecule has 3 aromatic rings. The van der Waals surface area contributed by atoms with Crippen molar-refractivity contribution < 1.29 is 28.8 Å². The minimum absolute atomic E-state index is 0.201. The summed E-state index contributed by atoms with van der Waals surface area (Å²) in [4.78, 5) is 0. The van der Waals surface area contributed by atoms with Crippen molar-refractivity contribution in [1.82, 2.24) is 0 Å². The molecule has 1 unspecified atom stereocenters. The Morgan fingerprint density at radius 1 is 0.676 bits per heavy atom. The highest BCUT2D eigenvalue weighted by atomic mass is 16.7. The third kappa shape index (κ3) is 6.73. The first-order valence-corrected chi connectivity index (χ1v) is 11.5. The Balaban J connectivity index is 1.44. The molecule has 1 aliphatic rings. The summed E-state index contributed by atoms with van der Waals surface area (Å²) in [5.41, 5.74) is 3.08. The third-order valence-corrected chi connectivity index (χ3v) is 5.82. The van der Waals surface area contributed by atoms with Crippen molar-refractivity contribution in [3.05, 3.63) is 108 Å². The molecule has 34 heavy (non-hydrogen) atoms. The van der Waals surface area contributed by atoms with Gasteiger partial charge >= 0.3 is 0 Å². The van der Waals surface area contributed by atoms with Crippen LogP contribution in [0, 0.1) is 0 Å². The van der Waals surface area contributed by atoms with E-state index >= 15 is 0 Å². The summed E-state index contributed by atoms with van der Waals surface area (Å²) in [5.74, 6) is 0. The highest BCUT2D eigenvalue weighted by Gasteiger charge is 2.47. The monoisotopic (exact) mass is 464 g/mol. The molecule has 5 atom stereocenters. The van der Waals surface area contributed by atoms with E-state index in [-0.39, 0.29) is 6.61 Å². The number of methoxy groups -OCH3 is 1. The van der Waals surface area contributed by atoms with Crippen molar-refractivity contribution in [3.8, 4) is 0 Å². The van der Waals surface area contributed by atoms with Gasteiger partial charge in [-0.1, -0.05) is 91.0 Å². The number of ether oxygens (including phenoxy) is 5. The molecule has 0 saturated carbocycles. The van der Waals surface area contributed by atoms with Gasteiger partial charge in [-0.3, -0.25) is 0 Å². The molecule has 1 N–H and O–H groups in total. The minimum atomic E-state index is -0.952. The van der Waals surface area contributed by atoms with Gasteiger partial charge in [-0.25, -0.2) is 0 Å². The molecule has 3 aromatic carbocycles. The Kier molecular flexibility index (Phi) is 9.21. The van der Waals surface area contributed by atoms with Crippen molar-refractivity contribution in [1.29, 1.82) is 0 Å². The second kappa shape index (κ2) is 12.8. The van der Waals surface area contributed by atoms with Gasteiger partial charge in [-0.2, -0.15) is 0 Å². The van der Waals surface area contributed by atoms with Crippen molar-refractivity contribution in [2.75, 3.05) is 13.7 Å². The first-order valence-electron chi connectivity index (χ1n) is 11.5. The Morgan fingerprint density at radius 3 is 1.65 bits per heavy atom. The van der Waals surface area contributed by atoms with E-state index in [0.29, 0.717) is 19.8 Å². The van der Waals surface area contributed by atoms with Crippen molar-refractivity contribution in [2.24, 2.45) is 0 Å². The average Bonchev–Trinajstić information content (AvgIpc) is 2.89. The zero-order valence-corrected chi connectivity index (χ0v) is 19.4. The van der Waals surface area contributed by atoms with E-state index in [2.05, 4.69) is 0 Å². The molecule has 0 bridgehead atoms. The molecule has 1 heterocycles. The van der Waals surface area contributed by atoms with Crippen LogP contribution >= 0.6 is 0 Å². The van der Waals surface area contributed by atoms with E-state index in [1.165, 1.54) is 0 Å². The van der Waals surface area contributed by atoms with Crippen LogP contribution in [0.5, 0.6) is 0 Å². The largest absolute Gasteiger partial charge is 0.387 e. The smallest absolute Gasteiger partial charge is 0.186 e. The summed E-state index contributed by atoms with van der Waals surface area (Å²) >= 11 is 0. The van der Waals surface area contributed by atoms with E-state index in [9.17, 15) is 5.11 Å². The summed E-state index contributed by atoms with van der Waals surface area (Å²) in [7, 11) is 1.57. The molecule has 0 amide bonds. The molecule has 180 valence electrons. The fraction of sp³-hybridized carbons (Fsp3) is 0.357. The maximum Gasteiger partial charge on any atom is 0.186 e. The normalized spacial score (nSPS) is 24.7. The summed E-state index contributed by atoms with van der Waals surface area (Å²) in [6.07, 6.45) is -3.56. The van der Waals surface area contributed by atoms with Crippen LogP contribution < -0.4 is 0 Å². The zero-order chi connectivity index (χ0) is 23.6. The average molecular weight is 465 g/mol. The first kappa shape index (κ1) is 24.5. The van der Waals surface area contributed by atoms with E-state index in [1.807, 2.05) is 91.0 Å². The maximum absolute atomic E-state index is 11.2. The molecule has 0 spiro atoms. The SMILES string of the molecule is COC1O[C@H](COCc2ccccc2)[C@@H](O)[C@H](OCc2ccccc2)[C@H]1OCc1ccccc1. The lowest BCUT2D eigenvalue weighted by Crippen LogP contribution is -2.60. The molecule has 0 aliphatic carbocycles. The van der Waals surface area contributed by atoms with Crippen molar-refractivity contribution >= 4 is 0 Å². The lowest BCUT2D eigenvalue weighted by atomic mass is 9.98. The van der Waals surface area contributed by atoms with Crippen LogP contribution in [0.15, 0.2) is 91.0 Å². The quantitative estimate of drug-likeness (QED) is 0.461. The molecule has 4 rings (SSSR count). The maximum atomic E-state index is 11.2. The van der Waals surface area contributed by atoms with Gasteiger partial charge in [-0.05, 0) is 16.7 Å². The summed E-state index contributed by atoms with van der Waals surface area (Å²) in [6, 6.07) is 29.6. The van der Waals surface area contributed by atoms with Crippen molar-refractivity contribution in [3.63, 3.8) is 0 Å². The number of hydrogen-bond acceptors (Lipinski definition) is 6. The van der Waals surface area contributed by atoms with Gasteiger partial charge in [0.2, 0.25) is 0 Å². The minimum Gasteiger partial charge on any atom is -0.387 e. The Hall–Kier alpha value is -2.58. The van der Waals surface area contributed by atoms with Gasteiger partial charge in [0.05, 0.1) is 26.4 Å². The van der Waals surface area contributed by atoms with Crippen LogP contribution in [0.3, 0.4) is 0 Å². The van der Waals surface area contributed by atoms with Crippen LogP contribution in [0.1, 0.15) is 16.7 Å². The first-order chi connectivity index (χ1) is 16.7. The standard InChI is InChI=1S/C28H32O6/c1-30-28-27(33-19-23-15-9-4-10-16-23)26(32-18-22-13-7-3-8-14-22)25(29)24(34-28)20-31-17-21-11-5-2-6-12-21/h2-16,24-29H,17-20H2,1H3/t24-,25-,26+,27-,28?/m1/s1. The topological polar surface area (TPSA) is 66.4 Å². The van der Waals surface area contributed by atoms with Gasteiger partial charge in [-0.15, -0.1) is 0 Å². The second-order valence-electron chi connectivity index (χ2n) is 8.29. The molecular weight excluding hydrogens is 432 g/mol. The molecule has 1 aliphatic heterocycles. The van der Waals surface area contributed by atoms with E-state index in [4.69, 9.17) is 23.7 Å². The van der Waals surface area contributed by atoms with E-state index in [1.54, 1.807) is 7.11 Å². The molecular formula is C28H32O6. The van der Waals surface area contributed by atoms with Crippen molar-refractivity contribution in [2.45, 2.75) is 50.5 Å². The number of rotatable bonds is 11. The van der Waals surface area contributed by atoms with Gasteiger partial charge in [0.25, 0.3) is 0 Å². The van der Waals surface area contributed by atoms with Crippen LogP contribution in [0.25, 0.3) is 0 Å². The van der Waals surface area contributed by atoms with Gasteiger partial charge in [0.15, 0.2) is 6.29 Å². The lowest BCUT2D eigenvalue weighted by Gasteiger charge is -2.43. The third-order valence-electron chi connectivity index (χ3n) is 5.82. The lowest BCUT2D eigenvalue weighted by molar-refractivity contribution is -0.315. The van der Waals surface area contributed by atoms with Crippen LogP contribution in [0.4, 0.5) is 0 Å². The number of aliphatic hydroxyl groups is 1. The fourth-order valence-electron chi connectivity index (χ4n) is 3.99. The summed E-state index contributed by atoms with van der Waals surface area (Å²) in [6.45, 7) is 1.31. The highest BCUT2D eigenvalue weighted by Crippen LogP contribution is 2.28. The number of hydrogen-bond donors (Lipinski definition) is 1. The van der Waals surface area contributed by atoms with Gasteiger partial charge < -0.3 is 28.8 Å². The van der Waals surface area contributed by atoms with Gasteiger partial charge in [0.1, 0.15) is 24.4 Å². The fourth-order valence-corrected chi connectivity index (χ4v) is 3.99. The van der Waals surface area contributed by atoms with Gasteiger partial charge in [0, 0.05) is 7.11 Å². The molecule has 1 fully saturated rings. The summed E-state index contributed by atoms with van der Waals surface area (Å²) < 4.78 is 30.0. The van der Waals surface area contributed by atoms with Crippen LogP contribution in [-0.4, -0.2) is 49.5 Å². The van der Waals surface area contributed by atoms with E-state index in [0.717, 1.165) is 16.7 Å². The predicted molar refractivity (Wildman–Crippen MR) is 128 cm³/mol. The highest BCUT2D eigenvalue weighted by molar-refractivity contribution is 5.15.